The number of oxazole rings is 1. The number of anilines is 1. The van der Waals surface area contributed by atoms with E-state index in [4.69, 9.17) is 33.1 Å². The second-order valence-electron chi connectivity index (χ2n) is 9.64. The van der Waals surface area contributed by atoms with Crippen molar-refractivity contribution in [2.45, 2.75) is 0 Å². The van der Waals surface area contributed by atoms with Gasteiger partial charge in [0.15, 0.2) is 34.3 Å². The Balaban J connectivity index is 1.79. The van der Waals surface area contributed by atoms with Gasteiger partial charge in [0.1, 0.15) is 5.52 Å². The molecule has 0 amide bonds. The molecule has 0 aliphatic heterocycles. The number of benzene rings is 5. The minimum Gasteiger partial charge on any atom is -0.493 e. The lowest BCUT2D eigenvalue weighted by molar-refractivity contribution is 0.355. The highest BCUT2D eigenvalue weighted by atomic mass is 16.5. The third-order valence-corrected chi connectivity index (χ3v) is 7.38. The predicted molar refractivity (Wildman–Crippen MR) is 159 cm³/mol. The van der Waals surface area contributed by atoms with Gasteiger partial charge in [-0.05, 0) is 81.5 Å². The predicted octanol–water partition coefficient (Wildman–Crippen LogP) is 7.06. The molecule has 0 aliphatic rings. The van der Waals surface area contributed by atoms with E-state index in [1.165, 1.54) is 0 Å². The number of fused-ring (bicyclic) bond motifs is 8. The Kier molecular flexibility index (Phi) is 6.18. The van der Waals surface area contributed by atoms with Gasteiger partial charge in [-0.15, -0.1) is 0 Å². The maximum Gasteiger partial charge on any atom is 0.227 e. The van der Waals surface area contributed by atoms with Crippen molar-refractivity contribution >= 4 is 49.1 Å². The molecule has 0 spiro atoms. The molecule has 8 heteroatoms. The lowest BCUT2D eigenvalue weighted by Crippen LogP contribution is -2.07. The van der Waals surface area contributed by atoms with Gasteiger partial charge in [-0.2, -0.15) is 0 Å². The highest BCUT2D eigenvalue weighted by molar-refractivity contribution is 6.32. The normalized spacial score (nSPS) is 11.4. The van der Waals surface area contributed by atoms with E-state index in [0.29, 0.717) is 45.7 Å². The van der Waals surface area contributed by atoms with E-state index in [1.807, 2.05) is 68.7 Å². The topological polar surface area (TPSA) is 75.4 Å². The van der Waals surface area contributed by atoms with E-state index in [-0.39, 0.29) is 0 Å². The number of methoxy groups -OCH3 is 5. The van der Waals surface area contributed by atoms with Gasteiger partial charge < -0.3 is 33.0 Å². The van der Waals surface area contributed by atoms with Gasteiger partial charge in [0.05, 0.1) is 35.5 Å². The van der Waals surface area contributed by atoms with E-state index < -0.39 is 0 Å². The summed E-state index contributed by atoms with van der Waals surface area (Å²) in [5.74, 6) is 3.58. The van der Waals surface area contributed by atoms with Gasteiger partial charge in [-0.25, -0.2) is 4.98 Å². The van der Waals surface area contributed by atoms with Crippen LogP contribution in [0.15, 0.2) is 59.0 Å². The summed E-state index contributed by atoms with van der Waals surface area (Å²) in [4.78, 5) is 7.09. The van der Waals surface area contributed by atoms with Crippen LogP contribution >= 0.6 is 0 Å². The molecule has 0 bridgehead atoms. The highest BCUT2D eigenvalue weighted by Crippen LogP contribution is 2.48. The van der Waals surface area contributed by atoms with Crippen molar-refractivity contribution in [3.05, 3.63) is 54.6 Å². The van der Waals surface area contributed by atoms with E-state index in [1.54, 1.807) is 35.5 Å². The van der Waals surface area contributed by atoms with Gasteiger partial charge in [-0.3, -0.25) is 0 Å². The van der Waals surface area contributed by atoms with Crippen LogP contribution in [0.2, 0.25) is 0 Å². The summed E-state index contributed by atoms with van der Waals surface area (Å²) in [6.07, 6.45) is 0. The highest BCUT2D eigenvalue weighted by Gasteiger charge is 2.23. The largest absolute Gasteiger partial charge is 0.493 e. The quantitative estimate of drug-likeness (QED) is 0.200. The first kappa shape index (κ1) is 25.4. The van der Waals surface area contributed by atoms with Gasteiger partial charge in [0, 0.05) is 30.7 Å². The summed E-state index contributed by atoms with van der Waals surface area (Å²) in [6.45, 7) is 0. The summed E-state index contributed by atoms with van der Waals surface area (Å²) in [5.41, 5.74) is 3.21. The summed E-state index contributed by atoms with van der Waals surface area (Å²) >= 11 is 0. The second kappa shape index (κ2) is 9.72. The molecule has 204 valence electrons. The molecule has 1 heterocycles. The molecule has 0 radical (unpaired) electrons. The number of hydrogen-bond acceptors (Lipinski definition) is 8. The van der Waals surface area contributed by atoms with Crippen molar-refractivity contribution < 1.29 is 28.1 Å². The van der Waals surface area contributed by atoms with Crippen molar-refractivity contribution in [2.75, 3.05) is 54.5 Å². The minimum atomic E-state index is 0.507. The van der Waals surface area contributed by atoms with Crippen molar-refractivity contribution in [1.29, 1.82) is 0 Å². The van der Waals surface area contributed by atoms with Gasteiger partial charge >= 0.3 is 0 Å². The zero-order chi connectivity index (χ0) is 28.1. The summed E-state index contributed by atoms with van der Waals surface area (Å²) < 4.78 is 34.9. The third-order valence-electron chi connectivity index (χ3n) is 7.38. The van der Waals surface area contributed by atoms with E-state index in [0.717, 1.165) is 43.6 Å². The van der Waals surface area contributed by atoms with Crippen LogP contribution in [0.25, 0.3) is 54.9 Å². The Morgan fingerprint density at radius 2 is 1.00 bits per heavy atom. The van der Waals surface area contributed by atoms with Crippen LogP contribution in [-0.2, 0) is 0 Å². The molecule has 40 heavy (non-hydrogen) atoms. The lowest BCUT2D eigenvalue weighted by Gasteiger charge is -2.17. The fraction of sp³-hybridized carbons (Fsp3) is 0.219. The molecular formula is C32H30N2O6. The third kappa shape index (κ3) is 3.78. The fourth-order valence-corrected chi connectivity index (χ4v) is 5.35. The van der Waals surface area contributed by atoms with E-state index in [9.17, 15) is 0 Å². The molecule has 6 aromatic rings. The maximum absolute atomic E-state index is 6.38. The van der Waals surface area contributed by atoms with Crippen molar-refractivity contribution in [2.24, 2.45) is 0 Å². The average Bonchev–Trinajstić information content (AvgIpc) is 3.44. The first-order valence-electron chi connectivity index (χ1n) is 12.7. The Morgan fingerprint density at radius 1 is 0.575 bits per heavy atom. The smallest absolute Gasteiger partial charge is 0.227 e. The Labute approximate surface area is 231 Å². The van der Waals surface area contributed by atoms with Crippen LogP contribution in [0.3, 0.4) is 0 Å². The Bertz CT molecular complexity index is 1870. The molecule has 0 saturated heterocycles. The number of aromatic nitrogens is 1. The molecule has 0 saturated carbocycles. The van der Waals surface area contributed by atoms with E-state index >= 15 is 0 Å². The Hall–Kier alpha value is -4.85. The second-order valence-corrected chi connectivity index (χ2v) is 9.64. The molecule has 0 aliphatic carbocycles. The molecule has 0 N–H and O–H groups in total. The lowest BCUT2D eigenvalue weighted by atomic mass is 9.92. The van der Waals surface area contributed by atoms with Crippen LogP contribution in [0.1, 0.15) is 0 Å². The van der Waals surface area contributed by atoms with E-state index in [2.05, 4.69) is 4.90 Å². The van der Waals surface area contributed by atoms with Gasteiger partial charge in [-0.1, -0.05) is 0 Å². The molecule has 1 aromatic heterocycles. The molecular weight excluding hydrogens is 508 g/mol. The van der Waals surface area contributed by atoms with Crippen LogP contribution in [0, 0.1) is 0 Å². The first-order valence-corrected chi connectivity index (χ1v) is 12.7. The summed E-state index contributed by atoms with van der Waals surface area (Å²) in [5, 5.41) is 5.64. The van der Waals surface area contributed by atoms with Gasteiger partial charge in [0.25, 0.3) is 0 Å². The number of rotatable bonds is 7. The van der Waals surface area contributed by atoms with Crippen LogP contribution in [0.5, 0.6) is 28.7 Å². The average molecular weight is 539 g/mol. The van der Waals surface area contributed by atoms with Crippen molar-refractivity contribution in [1.82, 2.24) is 4.98 Å². The molecule has 0 unspecified atom stereocenters. The monoisotopic (exact) mass is 538 g/mol. The van der Waals surface area contributed by atoms with Crippen molar-refractivity contribution in [3.63, 3.8) is 0 Å². The van der Waals surface area contributed by atoms with Crippen LogP contribution < -0.4 is 28.6 Å². The molecule has 0 fully saturated rings. The van der Waals surface area contributed by atoms with Crippen LogP contribution in [-0.4, -0.2) is 54.6 Å². The molecule has 0 atom stereocenters. The fourth-order valence-electron chi connectivity index (χ4n) is 5.35. The molecule has 5 aromatic carbocycles. The van der Waals surface area contributed by atoms with Crippen molar-refractivity contribution in [3.8, 4) is 40.2 Å². The Morgan fingerprint density at radius 3 is 1.45 bits per heavy atom. The number of hydrogen-bond donors (Lipinski definition) is 0. The summed E-state index contributed by atoms with van der Waals surface area (Å²) in [7, 11) is 12.2. The zero-order valence-electron chi connectivity index (χ0n) is 23.5. The number of ether oxygens (including phenoxy) is 5. The van der Waals surface area contributed by atoms with Gasteiger partial charge in [0.2, 0.25) is 5.89 Å². The minimum absolute atomic E-state index is 0.507. The number of nitrogens with zero attached hydrogens (tertiary/aromatic N) is 2. The zero-order valence-corrected chi connectivity index (χ0v) is 23.5. The SMILES string of the molecule is COc1cc2c3cc(OC)c(OC)cc3c3c(cc(OC)c4oc(-c5ccc(N(C)C)cc5)nc43)c2cc1OC. The standard InChI is InChI=1S/C32H30N2O6/c1-34(2)18-10-8-17(9-11-18)32-33-30-29-22-15-27(38-6)26(37-5)13-20(22)19-12-24(35-3)25(36-4)14-21(19)23(29)16-28(39-7)31(30)40-32/h8-16H,1-7H3. The molecule has 8 nitrogen and oxygen atoms in total. The molecule has 6 rings (SSSR count). The summed E-state index contributed by atoms with van der Waals surface area (Å²) in [6, 6.07) is 18.0. The van der Waals surface area contributed by atoms with Crippen LogP contribution in [0.4, 0.5) is 5.69 Å². The first-order chi connectivity index (χ1) is 19.4. The maximum atomic E-state index is 6.38.